The number of anilines is 3. The molecule has 0 bridgehead atoms. The molecule has 2 aliphatic heterocycles. The van der Waals surface area contributed by atoms with Crippen LogP contribution in [0.5, 0.6) is 0 Å². The Morgan fingerprint density at radius 3 is 2.59 bits per heavy atom. The first-order valence-corrected chi connectivity index (χ1v) is 14.7. The number of aromatic amines is 1. The van der Waals surface area contributed by atoms with Crippen LogP contribution in [-0.2, 0) is 11.2 Å². The molecule has 2 fully saturated rings. The van der Waals surface area contributed by atoms with E-state index in [-0.39, 0.29) is 18.2 Å². The number of halogens is 1. The molecule has 44 heavy (non-hydrogen) atoms. The molecule has 0 saturated carbocycles. The van der Waals surface area contributed by atoms with Gasteiger partial charge in [-0.15, -0.1) is 0 Å². The number of fused-ring (bicyclic) bond motifs is 1. The summed E-state index contributed by atoms with van der Waals surface area (Å²) in [6, 6.07) is 21.7. The quantitative estimate of drug-likeness (QED) is 0.233. The van der Waals surface area contributed by atoms with Crippen LogP contribution in [0.2, 0.25) is 0 Å². The summed E-state index contributed by atoms with van der Waals surface area (Å²) in [5.41, 5.74) is 4.40. The molecule has 222 valence electrons. The third kappa shape index (κ3) is 5.86. The average molecular weight is 591 g/mol. The second-order valence-corrected chi connectivity index (χ2v) is 11.3. The maximum absolute atomic E-state index is 13.4. The summed E-state index contributed by atoms with van der Waals surface area (Å²) in [5, 5.41) is 13.8. The van der Waals surface area contributed by atoms with Crippen molar-refractivity contribution in [2.75, 3.05) is 36.8 Å². The van der Waals surface area contributed by atoms with Crippen LogP contribution in [0.1, 0.15) is 28.9 Å². The maximum Gasteiger partial charge on any atom is 0.253 e. The predicted octanol–water partition coefficient (Wildman–Crippen LogP) is 5.00. The fourth-order valence-electron chi connectivity index (χ4n) is 5.84. The van der Waals surface area contributed by atoms with Gasteiger partial charge in [0.05, 0.1) is 11.9 Å². The van der Waals surface area contributed by atoms with Crippen LogP contribution in [0, 0.1) is 5.82 Å². The van der Waals surface area contributed by atoms with Gasteiger partial charge in [-0.05, 0) is 79.5 Å². The Hall–Kier alpha value is -5.16. The van der Waals surface area contributed by atoms with Gasteiger partial charge in [-0.25, -0.2) is 14.4 Å². The number of benzene rings is 3. The van der Waals surface area contributed by atoms with E-state index in [0.29, 0.717) is 34.6 Å². The minimum absolute atomic E-state index is 0.0423. The van der Waals surface area contributed by atoms with E-state index < -0.39 is 5.82 Å². The molecule has 0 radical (unpaired) electrons. The third-order valence-electron chi connectivity index (χ3n) is 8.30. The smallest absolute Gasteiger partial charge is 0.253 e. The first-order chi connectivity index (χ1) is 21.5. The SMILES string of the molecule is O=C(Cc1cc(Nc2ncnc3cc(-c4ccc(C(=O)N5CCC(N6CCC6)C5)cc4)ccc23)n[nH]1)Nc1cccc(F)c1. The second-order valence-electron chi connectivity index (χ2n) is 11.3. The molecule has 1 unspecified atom stereocenters. The summed E-state index contributed by atoms with van der Waals surface area (Å²) in [7, 11) is 0. The molecule has 2 aliphatic rings. The molecule has 7 rings (SSSR count). The number of carbonyl (C=O) groups is 2. The zero-order valence-electron chi connectivity index (χ0n) is 24.0. The Balaban J connectivity index is 1.00. The van der Waals surface area contributed by atoms with Crippen molar-refractivity contribution < 1.29 is 14.0 Å². The Morgan fingerprint density at radius 1 is 0.955 bits per heavy atom. The third-order valence-corrected chi connectivity index (χ3v) is 8.30. The van der Waals surface area contributed by atoms with Crippen molar-refractivity contribution in [2.24, 2.45) is 0 Å². The molecule has 2 saturated heterocycles. The first-order valence-electron chi connectivity index (χ1n) is 14.7. The van der Waals surface area contributed by atoms with Crippen LogP contribution in [-0.4, -0.2) is 74.0 Å². The Labute approximate surface area is 253 Å². The topological polar surface area (TPSA) is 119 Å². The highest BCUT2D eigenvalue weighted by Gasteiger charge is 2.33. The van der Waals surface area contributed by atoms with Crippen molar-refractivity contribution in [1.29, 1.82) is 0 Å². The zero-order valence-corrected chi connectivity index (χ0v) is 24.0. The first kappa shape index (κ1) is 27.7. The fraction of sp³-hybridized carbons (Fsp3) is 0.242. The van der Waals surface area contributed by atoms with E-state index in [4.69, 9.17) is 0 Å². The summed E-state index contributed by atoms with van der Waals surface area (Å²) >= 11 is 0. The van der Waals surface area contributed by atoms with E-state index in [2.05, 4.69) is 35.7 Å². The van der Waals surface area contributed by atoms with Gasteiger partial charge < -0.3 is 15.5 Å². The Bertz CT molecular complexity index is 1840. The zero-order chi connectivity index (χ0) is 30.0. The minimum atomic E-state index is -0.419. The van der Waals surface area contributed by atoms with Gasteiger partial charge in [-0.1, -0.05) is 24.3 Å². The van der Waals surface area contributed by atoms with Gasteiger partial charge in [0.25, 0.3) is 5.91 Å². The predicted molar refractivity (Wildman–Crippen MR) is 166 cm³/mol. The number of amides is 2. The van der Waals surface area contributed by atoms with Crippen LogP contribution in [0.3, 0.4) is 0 Å². The van der Waals surface area contributed by atoms with Crippen LogP contribution in [0.15, 0.2) is 79.1 Å². The highest BCUT2D eigenvalue weighted by atomic mass is 19.1. The van der Waals surface area contributed by atoms with Crippen LogP contribution >= 0.6 is 0 Å². The number of nitrogens with zero attached hydrogens (tertiary/aromatic N) is 5. The number of likely N-dealkylation sites (tertiary alicyclic amines) is 2. The normalized spacial score (nSPS) is 16.6. The Kier molecular flexibility index (Phi) is 7.45. The largest absolute Gasteiger partial charge is 0.337 e. The van der Waals surface area contributed by atoms with Crippen molar-refractivity contribution in [3.8, 4) is 11.1 Å². The lowest BCUT2D eigenvalue weighted by Crippen LogP contribution is -2.46. The van der Waals surface area contributed by atoms with E-state index in [0.717, 1.165) is 54.6 Å². The van der Waals surface area contributed by atoms with Gasteiger partial charge in [-0.3, -0.25) is 19.6 Å². The fourth-order valence-corrected chi connectivity index (χ4v) is 5.84. The molecule has 0 spiro atoms. The maximum atomic E-state index is 13.4. The van der Waals surface area contributed by atoms with Crippen molar-refractivity contribution >= 4 is 40.0 Å². The molecular weight excluding hydrogens is 559 g/mol. The molecule has 3 aromatic carbocycles. The van der Waals surface area contributed by atoms with Gasteiger partial charge in [-0.2, -0.15) is 5.10 Å². The van der Waals surface area contributed by atoms with Gasteiger partial charge >= 0.3 is 0 Å². The number of nitrogens with one attached hydrogen (secondary N) is 3. The van der Waals surface area contributed by atoms with Gasteiger partial charge in [0.2, 0.25) is 5.91 Å². The van der Waals surface area contributed by atoms with E-state index in [9.17, 15) is 14.0 Å². The van der Waals surface area contributed by atoms with Crippen LogP contribution < -0.4 is 10.6 Å². The number of H-pyrrole nitrogens is 1. The molecule has 4 heterocycles. The lowest BCUT2D eigenvalue weighted by Gasteiger charge is -2.36. The van der Waals surface area contributed by atoms with Gasteiger partial charge in [0, 0.05) is 47.5 Å². The van der Waals surface area contributed by atoms with Crippen molar-refractivity contribution in [3.63, 3.8) is 0 Å². The molecule has 5 aromatic rings. The van der Waals surface area contributed by atoms with E-state index in [1.165, 1.54) is 30.9 Å². The number of hydrogen-bond donors (Lipinski definition) is 3. The van der Waals surface area contributed by atoms with E-state index >= 15 is 0 Å². The molecule has 2 aromatic heterocycles. The number of hydrogen-bond acceptors (Lipinski definition) is 7. The summed E-state index contributed by atoms with van der Waals surface area (Å²) < 4.78 is 13.4. The molecule has 10 nitrogen and oxygen atoms in total. The molecule has 0 aliphatic carbocycles. The van der Waals surface area contributed by atoms with Crippen molar-refractivity contribution in [3.05, 3.63) is 96.2 Å². The summed E-state index contributed by atoms with van der Waals surface area (Å²) in [5.74, 6) is 0.451. The van der Waals surface area contributed by atoms with E-state index in [1.54, 1.807) is 12.1 Å². The van der Waals surface area contributed by atoms with Gasteiger partial charge in [0.15, 0.2) is 5.82 Å². The Morgan fingerprint density at radius 2 is 1.80 bits per heavy atom. The number of rotatable bonds is 8. The molecule has 1 atom stereocenters. The van der Waals surface area contributed by atoms with Crippen molar-refractivity contribution in [2.45, 2.75) is 25.3 Å². The monoisotopic (exact) mass is 590 g/mol. The summed E-state index contributed by atoms with van der Waals surface area (Å²) in [6.45, 7) is 3.93. The highest BCUT2D eigenvalue weighted by Crippen LogP contribution is 2.29. The lowest BCUT2D eigenvalue weighted by atomic mass is 10.0. The number of carbonyl (C=O) groups excluding carboxylic acids is 2. The van der Waals surface area contributed by atoms with Gasteiger partial charge in [0.1, 0.15) is 18.0 Å². The van der Waals surface area contributed by atoms with Crippen molar-refractivity contribution in [1.82, 2.24) is 30.0 Å². The standard InChI is InChI=1S/C33H31FN8O2/c34-24-3-1-4-25(16-24)37-31(43)18-26-17-30(40-39-26)38-32-28-10-9-23(15-29(28)35-20-36-32)21-5-7-22(8-6-21)33(44)42-14-11-27(19-42)41-12-2-13-41/h1,3-10,15-17,20,27H,2,11-14,18-19H2,(H,37,43)(H2,35,36,38,39,40). The summed E-state index contributed by atoms with van der Waals surface area (Å²) in [4.78, 5) is 38.8. The number of aromatic nitrogens is 4. The molecular formula is C33H31FN8O2. The molecule has 3 N–H and O–H groups in total. The molecule has 2 amide bonds. The highest BCUT2D eigenvalue weighted by molar-refractivity contribution is 5.96. The van der Waals surface area contributed by atoms with Crippen LogP contribution in [0.4, 0.5) is 21.7 Å². The average Bonchev–Trinajstić information content (AvgIpc) is 3.66. The molecule has 11 heteroatoms. The second kappa shape index (κ2) is 11.8. The minimum Gasteiger partial charge on any atom is -0.337 e. The summed E-state index contributed by atoms with van der Waals surface area (Å²) in [6.07, 6.45) is 3.84. The van der Waals surface area contributed by atoms with E-state index in [1.807, 2.05) is 47.4 Å². The van der Waals surface area contributed by atoms with Crippen LogP contribution in [0.25, 0.3) is 22.0 Å². The lowest BCUT2D eigenvalue weighted by molar-refractivity contribution is -0.115.